The number of hydrogen-bond acceptors (Lipinski definition) is 6. The van der Waals surface area contributed by atoms with E-state index < -0.39 is 0 Å². The van der Waals surface area contributed by atoms with E-state index in [1.54, 1.807) is 0 Å². The fourth-order valence-corrected chi connectivity index (χ4v) is 2.33. The van der Waals surface area contributed by atoms with Gasteiger partial charge in [-0.05, 0) is 23.6 Å². The number of nitrogen functional groups attached to an aromatic ring is 1. The molecule has 1 heterocycles. The predicted octanol–water partition coefficient (Wildman–Crippen LogP) is 3.34. The zero-order valence-electron chi connectivity index (χ0n) is 13.5. The Labute approximate surface area is 140 Å². The SMILES string of the molecule is CC(C)c1ccc(Nc2nc(N)c(C#N)c(CC#N)c2C#N)cc1. The molecule has 24 heavy (non-hydrogen) atoms. The van der Waals surface area contributed by atoms with Gasteiger partial charge in [0.2, 0.25) is 0 Å². The topological polar surface area (TPSA) is 122 Å². The molecule has 0 atom stereocenters. The lowest BCUT2D eigenvalue weighted by molar-refractivity contribution is 0.867. The van der Waals surface area contributed by atoms with Crippen LogP contribution in [0.15, 0.2) is 24.3 Å². The maximum absolute atomic E-state index is 9.44. The van der Waals surface area contributed by atoms with E-state index in [4.69, 9.17) is 11.0 Å². The first-order valence-electron chi connectivity index (χ1n) is 7.38. The van der Waals surface area contributed by atoms with Crippen LogP contribution in [0.25, 0.3) is 0 Å². The molecule has 6 heteroatoms. The normalized spacial score (nSPS) is 9.83. The van der Waals surface area contributed by atoms with Crippen molar-refractivity contribution < 1.29 is 0 Å². The molecule has 3 N–H and O–H groups in total. The molecule has 1 aromatic heterocycles. The highest BCUT2D eigenvalue weighted by Gasteiger charge is 2.18. The zero-order valence-corrected chi connectivity index (χ0v) is 13.5. The number of rotatable bonds is 4. The molecule has 2 aromatic rings. The molecule has 0 aliphatic rings. The lowest BCUT2D eigenvalue weighted by Gasteiger charge is -2.13. The van der Waals surface area contributed by atoms with E-state index in [9.17, 15) is 10.5 Å². The first kappa shape index (κ1) is 16.8. The number of nitrogens with one attached hydrogen (secondary N) is 1. The van der Waals surface area contributed by atoms with Crippen LogP contribution in [0.4, 0.5) is 17.3 Å². The number of hydrogen-bond donors (Lipinski definition) is 2. The molecule has 0 fully saturated rings. The largest absolute Gasteiger partial charge is 0.383 e. The minimum absolute atomic E-state index is 0.00282. The van der Waals surface area contributed by atoms with Gasteiger partial charge in [-0.3, -0.25) is 0 Å². The number of anilines is 3. The molecule has 0 aliphatic carbocycles. The summed E-state index contributed by atoms with van der Waals surface area (Å²) in [7, 11) is 0. The number of benzene rings is 1. The average Bonchev–Trinajstić information content (AvgIpc) is 2.56. The van der Waals surface area contributed by atoms with Gasteiger partial charge in [0.1, 0.15) is 23.5 Å². The Bertz CT molecular complexity index is 876. The number of aromatic nitrogens is 1. The Morgan fingerprint density at radius 3 is 2.21 bits per heavy atom. The molecule has 0 spiro atoms. The standard InChI is InChI=1S/C18H16N6/c1-11(2)12-3-5-13(6-4-12)23-18-16(10-21)14(7-8-19)15(9-20)17(22)24-18/h3-6,11H,7H2,1-2H3,(H3,22,23,24). The van der Waals surface area contributed by atoms with E-state index in [-0.39, 0.29) is 29.2 Å². The molecular formula is C18H16N6. The number of nitriles is 3. The Kier molecular flexibility index (Phi) is 5.00. The summed E-state index contributed by atoms with van der Waals surface area (Å²) in [6, 6.07) is 13.6. The van der Waals surface area contributed by atoms with Crippen LogP contribution in [0.5, 0.6) is 0 Å². The second-order valence-electron chi connectivity index (χ2n) is 5.53. The van der Waals surface area contributed by atoms with Crippen molar-refractivity contribution in [2.75, 3.05) is 11.1 Å². The first-order valence-corrected chi connectivity index (χ1v) is 7.38. The molecule has 2 rings (SSSR count). The van der Waals surface area contributed by atoms with Crippen LogP contribution in [0, 0.1) is 34.0 Å². The zero-order chi connectivity index (χ0) is 17.7. The van der Waals surface area contributed by atoms with Gasteiger partial charge < -0.3 is 11.1 Å². The summed E-state index contributed by atoms with van der Waals surface area (Å²) in [5.41, 5.74) is 8.29. The summed E-state index contributed by atoms with van der Waals surface area (Å²) in [5, 5.41) is 30.7. The summed E-state index contributed by atoms with van der Waals surface area (Å²) in [6.07, 6.45) is -0.0839. The number of pyridine rings is 1. The molecule has 0 bridgehead atoms. The second-order valence-corrected chi connectivity index (χ2v) is 5.53. The van der Waals surface area contributed by atoms with Crippen molar-refractivity contribution in [3.05, 3.63) is 46.5 Å². The third-order valence-corrected chi connectivity index (χ3v) is 3.65. The van der Waals surface area contributed by atoms with E-state index in [0.717, 1.165) is 5.69 Å². The molecule has 118 valence electrons. The summed E-state index contributed by atoms with van der Waals surface area (Å²) in [5.74, 6) is 0.666. The van der Waals surface area contributed by atoms with Crippen molar-refractivity contribution in [1.82, 2.24) is 4.98 Å². The summed E-state index contributed by atoms with van der Waals surface area (Å²) >= 11 is 0. The van der Waals surface area contributed by atoms with E-state index >= 15 is 0 Å². The Morgan fingerprint density at radius 2 is 1.71 bits per heavy atom. The second kappa shape index (κ2) is 7.13. The van der Waals surface area contributed by atoms with Crippen molar-refractivity contribution >= 4 is 17.3 Å². The van der Waals surface area contributed by atoms with Crippen LogP contribution >= 0.6 is 0 Å². The number of nitrogens with two attached hydrogens (primary N) is 1. The van der Waals surface area contributed by atoms with Gasteiger partial charge in [-0.15, -0.1) is 0 Å². The molecule has 0 radical (unpaired) electrons. The van der Waals surface area contributed by atoms with Crippen molar-refractivity contribution in [3.63, 3.8) is 0 Å². The summed E-state index contributed by atoms with van der Waals surface area (Å²) in [4.78, 5) is 4.12. The van der Waals surface area contributed by atoms with Crippen molar-refractivity contribution in [3.8, 4) is 18.2 Å². The third kappa shape index (κ3) is 3.27. The van der Waals surface area contributed by atoms with Gasteiger partial charge in [-0.1, -0.05) is 26.0 Å². The molecule has 0 unspecified atom stereocenters. The van der Waals surface area contributed by atoms with Crippen LogP contribution in [0.2, 0.25) is 0 Å². The van der Waals surface area contributed by atoms with Crippen LogP contribution in [0.3, 0.4) is 0 Å². The highest BCUT2D eigenvalue weighted by atomic mass is 15.0. The minimum Gasteiger partial charge on any atom is -0.383 e. The van der Waals surface area contributed by atoms with Gasteiger partial charge >= 0.3 is 0 Å². The van der Waals surface area contributed by atoms with Crippen molar-refractivity contribution in [1.29, 1.82) is 15.8 Å². The minimum atomic E-state index is -0.0839. The summed E-state index contributed by atoms with van der Waals surface area (Å²) in [6.45, 7) is 4.21. The van der Waals surface area contributed by atoms with Crippen LogP contribution < -0.4 is 11.1 Å². The van der Waals surface area contributed by atoms with Crippen molar-refractivity contribution in [2.45, 2.75) is 26.2 Å². The first-order chi connectivity index (χ1) is 11.5. The van der Waals surface area contributed by atoms with Gasteiger partial charge in [0.05, 0.1) is 18.1 Å². The van der Waals surface area contributed by atoms with Crippen LogP contribution in [0.1, 0.15) is 42.0 Å². The fourth-order valence-electron chi connectivity index (χ4n) is 2.33. The highest BCUT2D eigenvalue weighted by Crippen LogP contribution is 2.28. The molecular weight excluding hydrogens is 300 g/mol. The monoisotopic (exact) mass is 316 g/mol. The van der Waals surface area contributed by atoms with Crippen LogP contribution in [-0.4, -0.2) is 4.98 Å². The quantitative estimate of drug-likeness (QED) is 0.891. The Morgan fingerprint density at radius 1 is 1.08 bits per heavy atom. The highest BCUT2D eigenvalue weighted by molar-refractivity contribution is 5.71. The van der Waals surface area contributed by atoms with Gasteiger partial charge in [0, 0.05) is 11.3 Å². The lowest BCUT2D eigenvalue weighted by atomic mass is 10.0. The molecule has 0 saturated heterocycles. The molecule has 0 amide bonds. The Balaban J connectivity index is 2.49. The van der Waals surface area contributed by atoms with E-state index in [0.29, 0.717) is 11.5 Å². The van der Waals surface area contributed by atoms with Gasteiger partial charge in [-0.25, -0.2) is 4.98 Å². The van der Waals surface area contributed by atoms with Crippen molar-refractivity contribution in [2.24, 2.45) is 0 Å². The van der Waals surface area contributed by atoms with E-state index in [1.807, 2.05) is 42.5 Å². The predicted molar refractivity (Wildman–Crippen MR) is 91.2 cm³/mol. The third-order valence-electron chi connectivity index (χ3n) is 3.65. The van der Waals surface area contributed by atoms with E-state index in [1.165, 1.54) is 5.56 Å². The average molecular weight is 316 g/mol. The summed E-state index contributed by atoms with van der Waals surface area (Å²) < 4.78 is 0. The maximum Gasteiger partial charge on any atom is 0.151 e. The molecule has 0 saturated carbocycles. The van der Waals surface area contributed by atoms with Gasteiger partial charge in [-0.2, -0.15) is 15.8 Å². The molecule has 6 nitrogen and oxygen atoms in total. The maximum atomic E-state index is 9.44. The fraction of sp³-hybridized carbons (Fsp3) is 0.222. The number of nitrogens with zero attached hydrogens (tertiary/aromatic N) is 4. The van der Waals surface area contributed by atoms with Gasteiger partial charge in [0.25, 0.3) is 0 Å². The van der Waals surface area contributed by atoms with Crippen LogP contribution in [-0.2, 0) is 6.42 Å². The smallest absolute Gasteiger partial charge is 0.151 e. The molecule has 0 aliphatic heterocycles. The Hall–Kier alpha value is -3.56. The molecule has 1 aromatic carbocycles. The van der Waals surface area contributed by atoms with E-state index in [2.05, 4.69) is 24.1 Å². The van der Waals surface area contributed by atoms with Gasteiger partial charge in [0.15, 0.2) is 5.82 Å². The lowest BCUT2D eigenvalue weighted by Crippen LogP contribution is -2.08.